The highest BCUT2D eigenvalue weighted by atomic mass is 35.5. The maximum Gasteiger partial charge on any atom is 0.294 e. The van der Waals surface area contributed by atoms with E-state index in [2.05, 4.69) is 10.5 Å². The van der Waals surface area contributed by atoms with Crippen molar-refractivity contribution in [3.05, 3.63) is 40.7 Å². The molecule has 0 spiro atoms. The van der Waals surface area contributed by atoms with E-state index in [1.165, 1.54) is 0 Å². The van der Waals surface area contributed by atoms with Gasteiger partial charge in [-0.2, -0.15) is 0 Å². The lowest BCUT2D eigenvalue weighted by atomic mass is 10.2. The minimum Gasteiger partial charge on any atom is -0.397 e. The molecule has 0 bridgehead atoms. The zero-order valence-electron chi connectivity index (χ0n) is 9.03. The first-order valence-corrected chi connectivity index (χ1v) is 5.24. The standard InChI is InChI=1S/C11H10ClN3O2/c1-6-4-10(17-15-6)11(16)14-9-3-2-7(12)5-8(9)13/h2-5H,13H2,1H3,(H,14,16). The molecule has 0 aliphatic carbocycles. The SMILES string of the molecule is Cc1cc(C(=O)Nc2ccc(Cl)cc2N)on1. The summed E-state index contributed by atoms with van der Waals surface area (Å²) in [7, 11) is 0. The van der Waals surface area contributed by atoms with Crippen LogP contribution in [0, 0.1) is 6.92 Å². The number of rotatable bonds is 2. The van der Waals surface area contributed by atoms with E-state index in [4.69, 9.17) is 21.9 Å². The van der Waals surface area contributed by atoms with Crippen LogP contribution < -0.4 is 11.1 Å². The molecule has 0 atom stereocenters. The van der Waals surface area contributed by atoms with Gasteiger partial charge < -0.3 is 15.6 Å². The quantitative estimate of drug-likeness (QED) is 0.804. The Morgan fingerprint density at radius 3 is 2.82 bits per heavy atom. The third kappa shape index (κ3) is 2.57. The Labute approximate surface area is 103 Å². The van der Waals surface area contributed by atoms with Crippen LogP contribution in [0.4, 0.5) is 11.4 Å². The van der Waals surface area contributed by atoms with Crippen LogP contribution in [0.3, 0.4) is 0 Å². The Morgan fingerprint density at radius 2 is 2.24 bits per heavy atom. The van der Waals surface area contributed by atoms with Gasteiger partial charge in [0.1, 0.15) is 0 Å². The van der Waals surface area contributed by atoms with Gasteiger partial charge in [0.25, 0.3) is 5.91 Å². The average Bonchev–Trinajstić information content (AvgIpc) is 2.69. The number of nitrogens with zero attached hydrogens (tertiary/aromatic N) is 1. The van der Waals surface area contributed by atoms with E-state index in [0.717, 1.165) is 0 Å². The van der Waals surface area contributed by atoms with Crippen LogP contribution in [-0.2, 0) is 0 Å². The van der Waals surface area contributed by atoms with Gasteiger partial charge in [-0.25, -0.2) is 0 Å². The fourth-order valence-corrected chi connectivity index (χ4v) is 1.48. The molecule has 0 aliphatic heterocycles. The number of nitrogens with one attached hydrogen (secondary N) is 1. The van der Waals surface area contributed by atoms with Crippen molar-refractivity contribution in [2.75, 3.05) is 11.1 Å². The second-order valence-corrected chi connectivity index (χ2v) is 3.95. The molecule has 0 saturated carbocycles. The molecule has 1 aromatic heterocycles. The highest BCUT2D eigenvalue weighted by molar-refractivity contribution is 6.31. The third-order valence-corrected chi connectivity index (χ3v) is 2.35. The van der Waals surface area contributed by atoms with Crippen molar-refractivity contribution in [1.82, 2.24) is 5.16 Å². The number of halogens is 1. The number of nitrogens with two attached hydrogens (primary N) is 1. The largest absolute Gasteiger partial charge is 0.397 e. The lowest BCUT2D eigenvalue weighted by Crippen LogP contribution is -2.12. The summed E-state index contributed by atoms with van der Waals surface area (Å²) in [5, 5.41) is 6.75. The number of carbonyl (C=O) groups is 1. The first kappa shape index (κ1) is 11.5. The Hall–Kier alpha value is -2.01. The van der Waals surface area contributed by atoms with Gasteiger partial charge in [0.15, 0.2) is 0 Å². The van der Waals surface area contributed by atoms with Gasteiger partial charge in [0, 0.05) is 11.1 Å². The smallest absolute Gasteiger partial charge is 0.294 e. The molecule has 0 saturated heterocycles. The van der Waals surface area contributed by atoms with Crippen LogP contribution in [0.1, 0.15) is 16.2 Å². The van der Waals surface area contributed by atoms with Gasteiger partial charge in [0.2, 0.25) is 5.76 Å². The third-order valence-electron chi connectivity index (χ3n) is 2.11. The summed E-state index contributed by atoms with van der Waals surface area (Å²) in [6.07, 6.45) is 0. The molecule has 0 unspecified atom stereocenters. The summed E-state index contributed by atoms with van der Waals surface area (Å²) < 4.78 is 4.83. The second-order valence-electron chi connectivity index (χ2n) is 3.52. The first-order valence-electron chi connectivity index (χ1n) is 4.86. The highest BCUT2D eigenvalue weighted by Gasteiger charge is 2.12. The molecular formula is C11H10ClN3O2. The monoisotopic (exact) mass is 251 g/mol. The minimum atomic E-state index is -0.403. The Morgan fingerprint density at radius 1 is 1.47 bits per heavy atom. The number of aryl methyl sites for hydroxylation is 1. The van der Waals surface area contributed by atoms with E-state index < -0.39 is 5.91 Å². The predicted octanol–water partition coefficient (Wildman–Crippen LogP) is 2.47. The highest BCUT2D eigenvalue weighted by Crippen LogP contribution is 2.23. The van der Waals surface area contributed by atoms with Crippen LogP contribution in [-0.4, -0.2) is 11.1 Å². The molecule has 0 aliphatic rings. The van der Waals surface area contributed by atoms with Crippen LogP contribution in [0.5, 0.6) is 0 Å². The number of hydrogen-bond acceptors (Lipinski definition) is 4. The molecule has 1 aromatic carbocycles. The lowest BCUT2D eigenvalue weighted by molar-refractivity contribution is 0.0988. The number of aromatic nitrogens is 1. The number of hydrogen-bond donors (Lipinski definition) is 2. The molecular weight excluding hydrogens is 242 g/mol. The zero-order chi connectivity index (χ0) is 12.4. The van der Waals surface area contributed by atoms with Crippen LogP contribution in [0.25, 0.3) is 0 Å². The average molecular weight is 252 g/mol. The molecule has 1 amide bonds. The molecule has 0 radical (unpaired) electrons. The van der Waals surface area contributed by atoms with Gasteiger partial charge in [0.05, 0.1) is 17.1 Å². The van der Waals surface area contributed by atoms with E-state index in [0.29, 0.717) is 22.1 Å². The molecule has 2 rings (SSSR count). The summed E-state index contributed by atoms with van der Waals surface area (Å²) in [6.45, 7) is 1.73. The number of benzene rings is 1. The Balaban J connectivity index is 2.18. The Bertz CT molecular complexity index is 566. The number of nitrogen functional groups attached to an aromatic ring is 1. The van der Waals surface area contributed by atoms with Gasteiger partial charge in [-0.3, -0.25) is 4.79 Å². The zero-order valence-corrected chi connectivity index (χ0v) is 9.78. The molecule has 17 heavy (non-hydrogen) atoms. The Kier molecular flexibility index (Phi) is 3.01. The van der Waals surface area contributed by atoms with Crippen LogP contribution >= 0.6 is 11.6 Å². The fraction of sp³-hybridized carbons (Fsp3) is 0.0909. The maximum absolute atomic E-state index is 11.7. The number of amides is 1. The summed E-state index contributed by atoms with van der Waals surface area (Å²) >= 11 is 5.75. The topological polar surface area (TPSA) is 81.2 Å². The summed E-state index contributed by atoms with van der Waals surface area (Å²) in [4.78, 5) is 11.7. The van der Waals surface area contributed by atoms with Crippen molar-refractivity contribution in [3.63, 3.8) is 0 Å². The summed E-state index contributed by atoms with van der Waals surface area (Å²) in [6, 6.07) is 6.36. The number of anilines is 2. The molecule has 6 heteroatoms. The van der Waals surface area contributed by atoms with Crippen molar-refractivity contribution in [3.8, 4) is 0 Å². The van der Waals surface area contributed by atoms with Crippen LogP contribution in [0.15, 0.2) is 28.8 Å². The van der Waals surface area contributed by atoms with E-state index in [-0.39, 0.29) is 5.76 Å². The van der Waals surface area contributed by atoms with Gasteiger partial charge in [-0.05, 0) is 25.1 Å². The molecule has 0 fully saturated rings. The van der Waals surface area contributed by atoms with E-state index in [1.807, 2.05) is 0 Å². The van der Waals surface area contributed by atoms with Crippen molar-refractivity contribution >= 4 is 28.9 Å². The number of carbonyl (C=O) groups excluding carboxylic acids is 1. The first-order chi connectivity index (χ1) is 8.06. The summed E-state index contributed by atoms with van der Waals surface area (Å²) in [5.41, 5.74) is 7.22. The lowest BCUT2D eigenvalue weighted by Gasteiger charge is -2.06. The van der Waals surface area contributed by atoms with Gasteiger partial charge in [-0.15, -0.1) is 0 Å². The maximum atomic E-state index is 11.7. The predicted molar refractivity (Wildman–Crippen MR) is 65.1 cm³/mol. The minimum absolute atomic E-state index is 0.136. The van der Waals surface area contributed by atoms with E-state index in [9.17, 15) is 4.79 Å². The second kappa shape index (κ2) is 4.47. The normalized spacial score (nSPS) is 10.2. The molecule has 5 nitrogen and oxygen atoms in total. The molecule has 3 N–H and O–H groups in total. The van der Waals surface area contributed by atoms with E-state index >= 15 is 0 Å². The van der Waals surface area contributed by atoms with Crippen molar-refractivity contribution in [1.29, 1.82) is 0 Å². The molecule has 2 aromatic rings. The van der Waals surface area contributed by atoms with Crippen molar-refractivity contribution in [2.24, 2.45) is 0 Å². The molecule has 1 heterocycles. The van der Waals surface area contributed by atoms with Crippen molar-refractivity contribution < 1.29 is 9.32 Å². The van der Waals surface area contributed by atoms with Crippen LogP contribution in [0.2, 0.25) is 5.02 Å². The van der Waals surface area contributed by atoms with Crippen molar-refractivity contribution in [2.45, 2.75) is 6.92 Å². The van der Waals surface area contributed by atoms with Gasteiger partial charge in [-0.1, -0.05) is 16.8 Å². The molecule has 88 valence electrons. The van der Waals surface area contributed by atoms with E-state index in [1.54, 1.807) is 31.2 Å². The van der Waals surface area contributed by atoms with Gasteiger partial charge >= 0.3 is 0 Å². The fourth-order valence-electron chi connectivity index (χ4n) is 1.30. The summed E-state index contributed by atoms with van der Waals surface area (Å²) in [5.74, 6) is -0.267.